The van der Waals surface area contributed by atoms with E-state index in [-0.39, 0.29) is 12.5 Å². The number of fused-ring (bicyclic) bond motifs is 1. The van der Waals surface area contributed by atoms with Gasteiger partial charge in [0, 0.05) is 6.07 Å². The normalized spacial score (nSPS) is 16.9. The molecular weight excluding hydrogens is 283 g/mol. The first kappa shape index (κ1) is 14.4. The van der Waals surface area contributed by atoms with Crippen LogP contribution in [0.1, 0.15) is 11.6 Å². The highest BCUT2D eigenvalue weighted by Gasteiger charge is 2.33. The van der Waals surface area contributed by atoms with Gasteiger partial charge in [0.25, 0.3) is 5.91 Å². The Kier molecular flexibility index (Phi) is 3.96. The summed E-state index contributed by atoms with van der Waals surface area (Å²) in [5.74, 6) is 0.536. The van der Waals surface area contributed by atoms with Crippen molar-refractivity contribution in [1.82, 2.24) is 0 Å². The number of methoxy groups -OCH3 is 1. The van der Waals surface area contributed by atoms with Gasteiger partial charge in [-0.05, 0) is 17.7 Å². The average molecular weight is 300 g/mol. The number of nitrogens with zero attached hydrogens (tertiary/aromatic N) is 1. The fraction of sp³-hybridized carbons (Fsp3) is 0.235. The summed E-state index contributed by atoms with van der Waals surface area (Å²) in [6.45, 7) is -0.540. The summed E-state index contributed by atoms with van der Waals surface area (Å²) in [7, 11) is 1.59. The van der Waals surface area contributed by atoms with E-state index >= 15 is 0 Å². The van der Waals surface area contributed by atoms with Crippen LogP contribution < -0.4 is 15.0 Å². The van der Waals surface area contributed by atoms with E-state index in [2.05, 4.69) is 5.32 Å². The summed E-state index contributed by atoms with van der Waals surface area (Å²) >= 11 is 0. The molecule has 4 nitrogen and oxygen atoms in total. The van der Waals surface area contributed by atoms with Crippen molar-refractivity contribution < 1.29 is 13.9 Å². The van der Waals surface area contributed by atoms with Crippen LogP contribution in [0.4, 0.5) is 15.8 Å². The minimum absolute atomic E-state index is 0.0448. The third-order valence-corrected chi connectivity index (χ3v) is 3.75. The van der Waals surface area contributed by atoms with Gasteiger partial charge in [0.15, 0.2) is 0 Å². The van der Waals surface area contributed by atoms with Crippen molar-refractivity contribution in [2.75, 3.05) is 30.5 Å². The molecular formula is C17H17FN2O2. The number of halogens is 1. The molecule has 1 unspecified atom stereocenters. The number of rotatable bonds is 4. The van der Waals surface area contributed by atoms with Crippen LogP contribution in [0.25, 0.3) is 0 Å². The smallest absolute Gasteiger partial charge is 0.254 e. The Hall–Kier alpha value is -2.56. The van der Waals surface area contributed by atoms with Crippen LogP contribution in [-0.4, -0.2) is 26.2 Å². The minimum Gasteiger partial charge on any atom is -0.497 e. The van der Waals surface area contributed by atoms with Crippen LogP contribution in [0, 0.1) is 0 Å². The average Bonchev–Trinajstić information content (AvgIpc) is 2.57. The summed E-state index contributed by atoms with van der Waals surface area (Å²) in [6, 6.07) is 14.3. The summed E-state index contributed by atoms with van der Waals surface area (Å²) in [5, 5.41) is 3.23. The van der Waals surface area contributed by atoms with Crippen LogP contribution in [0.15, 0.2) is 48.5 Å². The second-order valence-electron chi connectivity index (χ2n) is 5.05. The summed E-state index contributed by atoms with van der Waals surface area (Å²) in [5.41, 5.74) is 2.29. The maximum absolute atomic E-state index is 12.9. The highest BCUT2D eigenvalue weighted by molar-refractivity contribution is 6.05. The van der Waals surface area contributed by atoms with Crippen LogP contribution in [0.2, 0.25) is 0 Å². The lowest BCUT2D eigenvalue weighted by Gasteiger charge is -2.35. The van der Waals surface area contributed by atoms with Crippen molar-refractivity contribution in [3.8, 4) is 5.75 Å². The molecule has 0 saturated carbocycles. The van der Waals surface area contributed by atoms with E-state index in [0.29, 0.717) is 11.4 Å². The number of nitrogens with one attached hydrogen (secondary N) is 1. The van der Waals surface area contributed by atoms with Gasteiger partial charge < -0.3 is 15.0 Å². The van der Waals surface area contributed by atoms with Crippen LogP contribution in [0.3, 0.4) is 0 Å². The molecule has 2 aromatic rings. The van der Waals surface area contributed by atoms with Crippen molar-refractivity contribution in [1.29, 1.82) is 0 Å². The number of hydrogen-bond acceptors (Lipinski definition) is 3. The first-order chi connectivity index (χ1) is 10.7. The highest BCUT2D eigenvalue weighted by Crippen LogP contribution is 2.38. The van der Waals surface area contributed by atoms with E-state index in [0.717, 1.165) is 11.3 Å². The summed E-state index contributed by atoms with van der Waals surface area (Å²) in [6.07, 6.45) is 0. The van der Waals surface area contributed by atoms with Gasteiger partial charge in [-0.3, -0.25) is 4.79 Å². The molecule has 0 aliphatic carbocycles. The molecule has 1 amide bonds. The molecule has 3 rings (SSSR count). The molecule has 1 N–H and O–H groups in total. The lowest BCUT2D eigenvalue weighted by atomic mass is 10.0. The second kappa shape index (κ2) is 6.05. The van der Waals surface area contributed by atoms with Gasteiger partial charge in [0.05, 0.1) is 25.0 Å². The number of hydrogen-bond donors (Lipinski definition) is 1. The van der Waals surface area contributed by atoms with E-state index in [1.54, 1.807) is 19.2 Å². The molecule has 114 valence electrons. The maximum Gasteiger partial charge on any atom is 0.254 e. The molecule has 1 aliphatic rings. The van der Waals surface area contributed by atoms with Gasteiger partial charge in [-0.2, -0.15) is 0 Å². The number of amides is 1. The van der Waals surface area contributed by atoms with E-state index in [1.807, 2.05) is 36.4 Å². The quantitative estimate of drug-likeness (QED) is 0.943. The number of carbonyl (C=O) groups excluding carboxylic acids is 1. The first-order valence-electron chi connectivity index (χ1n) is 7.11. The van der Waals surface area contributed by atoms with E-state index < -0.39 is 12.7 Å². The number of anilines is 2. The Labute approximate surface area is 128 Å². The van der Waals surface area contributed by atoms with Crippen LogP contribution in [-0.2, 0) is 4.79 Å². The zero-order chi connectivity index (χ0) is 15.5. The van der Waals surface area contributed by atoms with Gasteiger partial charge in [-0.1, -0.05) is 30.3 Å². The Morgan fingerprint density at radius 1 is 1.23 bits per heavy atom. The number of ether oxygens (including phenoxy) is 1. The van der Waals surface area contributed by atoms with Crippen molar-refractivity contribution in [3.63, 3.8) is 0 Å². The highest BCUT2D eigenvalue weighted by atomic mass is 19.1. The number of benzene rings is 2. The van der Waals surface area contributed by atoms with Gasteiger partial charge in [-0.25, -0.2) is 4.39 Å². The molecule has 0 fully saturated rings. The second-order valence-corrected chi connectivity index (χ2v) is 5.05. The molecule has 22 heavy (non-hydrogen) atoms. The monoisotopic (exact) mass is 300 g/mol. The lowest BCUT2D eigenvalue weighted by Crippen LogP contribution is -2.43. The molecule has 0 radical (unpaired) electrons. The molecule has 5 heteroatoms. The third-order valence-electron chi connectivity index (χ3n) is 3.75. The Balaban J connectivity index is 2.04. The number of alkyl halides is 1. The topological polar surface area (TPSA) is 41.6 Å². The lowest BCUT2D eigenvalue weighted by molar-refractivity contribution is -0.119. The molecule has 2 aromatic carbocycles. The predicted molar refractivity (Wildman–Crippen MR) is 84.1 cm³/mol. The van der Waals surface area contributed by atoms with Crippen molar-refractivity contribution in [3.05, 3.63) is 54.1 Å². The van der Waals surface area contributed by atoms with E-state index in [1.165, 1.54) is 4.90 Å². The van der Waals surface area contributed by atoms with Gasteiger partial charge in [-0.15, -0.1) is 0 Å². The minimum atomic E-state index is -0.585. The van der Waals surface area contributed by atoms with Crippen LogP contribution >= 0.6 is 0 Å². The van der Waals surface area contributed by atoms with Crippen LogP contribution in [0.5, 0.6) is 5.75 Å². The van der Waals surface area contributed by atoms with Gasteiger partial charge in [0.2, 0.25) is 0 Å². The molecule has 1 aliphatic heterocycles. The van der Waals surface area contributed by atoms with Crippen molar-refractivity contribution in [2.45, 2.75) is 6.04 Å². The Morgan fingerprint density at radius 3 is 2.68 bits per heavy atom. The molecule has 0 bridgehead atoms. The van der Waals surface area contributed by atoms with Gasteiger partial charge in [0.1, 0.15) is 18.5 Å². The largest absolute Gasteiger partial charge is 0.497 e. The van der Waals surface area contributed by atoms with Crippen molar-refractivity contribution >= 4 is 17.3 Å². The summed E-state index contributed by atoms with van der Waals surface area (Å²) in [4.78, 5) is 14.2. The van der Waals surface area contributed by atoms with Crippen molar-refractivity contribution in [2.24, 2.45) is 0 Å². The van der Waals surface area contributed by atoms with Gasteiger partial charge >= 0.3 is 0 Å². The summed E-state index contributed by atoms with van der Waals surface area (Å²) < 4.78 is 18.1. The zero-order valence-electron chi connectivity index (χ0n) is 12.3. The number of carbonyl (C=O) groups is 1. The third kappa shape index (κ3) is 2.50. The Bertz CT molecular complexity index is 676. The molecule has 1 atom stereocenters. The fourth-order valence-corrected chi connectivity index (χ4v) is 2.67. The Morgan fingerprint density at radius 2 is 2.00 bits per heavy atom. The molecule has 0 spiro atoms. The van der Waals surface area contributed by atoms with E-state index in [4.69, 9.17) is 4.74 Å². The predicted octanol–water partition coefficient (Wildman–Crippen LogP) is 3.16. The standard InChI is InChI=1S/C17H17FN2O2/c1-22-13-7-8-15-14(11-13)19-16(12-5-3-2-4-6-12)17(21)20(15)10-9-18/h2-8,11,16,19H,9-10H2,1H3. The maximum atomic E-state index is 12.9. The molecule has 0 saturated heterocycles. The fourth-order valence-electron chi connectivity index (χ4n) is 2.67. The molecule has 0 aromatic heterocycles. The molecule has 1 heterocycles. The first-order valence-corrected chi connectivity index (χ1v) is 7.11. The SMILES string of the molecule is COc1ccc2c(c1)NC(c1ccccc1)C(=O)N2CCF. The zero-order valence-corrected chi connectivity index (χ0v) is 12.3. The van der Waals surface area contributed by atoms with E-state index in [9.17, 15) is 9.18 Å².